The summed E-state index contributed by atoms with van der Waals surface area (Å²) in [5, 5.41) is 45.0. The van der Waals surface area contributed by atoms with Crippen molar-refractivity contribution >= 4 is 17.5 Å². The summed E-state index contributed by atoms with van der Waals surface area (Å²) in [6.07, 6.45) is 2.06. The number of hydrogen-bond acceptors (Lipinski definition) is 9. The smallest absolute Gasteiger partial charge is 0.255 e. The highest BCUT2D eigenvalue weighted by Gasteiger charge is 2.63. The molecule has 0 heterocycles. The molecule has 0 aliphatic heterocycles. The van der Waals surface area contributed by atoms with Crippen LogP contribution >= 0.6 is 0 Å². The topological polar surface area (TPSA) is 165 Å². The van der Waals surface area contributed by atoms with E-state index in [9.17, 15) is 34.8 Å². The fourth-order valence-corrected chi connectivity index (χ4v) is 6.27. The predicted octanol–water partition coefficient (Wildman–Crippen LogP) is 1.05. The van der Waals surface area contributed by atoms with Gasteiger partial charge in [0, 0.05) is 30.1 Å². The molecule has 6 N–H and O–H groups in total. The molecule has 0 spiro atoms. The third-order valence-corrected chi connectivity index (χ3v) is 7.91. The largest absolute Gasteiger partial charge is 0.510 e. The first kappa shape index (κ1) is 26.6. The summed E-state index contributed by atoms with van der Waals surface area (Å²) < 4.78 is 0. The number of aliphatic hydroxyl groups is 3. The maximum atomic E-state index is 13.8. The molecule has 0 aromatic heterocycles. The number of phenolic OH excluding ortho intramolecular Hbond substituents is 1. The zero-order valence-electron chi connectivity index (χ0n) is 21.4. The van der Waals surface area contributed by atoms with Crippen LogP contribution in [-0.2, 0) is 22.6 Å². The van der Waals surface area contributed by atoms with Gasteiger partial charge in [-0.3, -0.25) is 24.2 Å². The highest BCUT2D eigenvalue weighted by molar-refractivity contribution is 6.24. The lowest BCUT2D eigenvalue weighted by atomic mass is 9.58. The molecule has 4 atom stereocenters. The van der Waals surface area contributed by atoms with Gasteiger partial charge in [-0.15, -0.1) is 6.58 Å². The third kappa shape index (κ3) is 3.78. The number of allylic oxidation sites excluding steroid dienone is 1. The van der Waals surface area contributed by atoms with Crippen LogP contribution < -0.4 is 5.73 Å². The number of amides is 1. The number of aliphatic hydroxyl groups excluding tert-OH is 2. The van der Waals surface area contributed by atoms with E-state index in [0.717, 1.165) is 5.56 Å². The summed E-state index contributed by atoms with van der Waals surface area (Å²) >= 11 is 0. The van der Waals surface area contributed by atoms with E-state index in [1.807, 2.05) is 24.9 Å². The number of nitrogens with two attached hydrogens (primary N) is 1. The van der Waals surface area contributed by atoms with Crippen LogP contribution in [0.2, 0.25) is 0 Å². The first-order valence-corrected chi connectivity index (χ1v) is 12.1. The standard InChI is InChI=1S/C27H33N3O7/c1-6-7-30(5)11-14-8-12(2)15-9-13-10-16-20(29(3)4)23(33)19(26(28)36)25(35)27(16,37)24(34)17(13)22(32)18(15)21(14)31/h6,8,13,16,20,31,33-34,37H,1,7,9-11H2,2-5H3,(H2,28,36)/t13-,16-,20+,27-/m0/s1. The molecule has 4 rings (SSSR count). The number of hydrogen-bond donors (Lipinski definition) is 5. The van der Waals surface area contributed by atoms with Crippen molar-refractivity contribution in [3.05, 3.63) is 63.6 Å². The lowest BCUT2D eigenvalue weighted by Crippen LogP contribution is -2.63. The molecule has 1 aromatic rings. The minimum Gasteiger partial charge on any atom is -0.510 e. The predicted molar refractivity (Wildman–Crippen MR) is 135 cm³/mol. The van der Waals surface area contributed by atoms with E-state index in [-0.39, 0.29) is 29.7 Å². The average Bonchev–Trinajstić information content (AvgIpc) is 2.79. The molecule has 3 aliphatic carbocycles. The minimum absolute atomic E-state index is 0.0304. The maximum Gasteiger partial charge on any atom is 0.255 e. The van der Waals surface area contributed by atoms with E-state index in [4.69, 9.17) is 5.73 Å². The van der Waals surface area contributed by atoms with E-state index < -0.39 is 58.0 Å². The molecule has 10 nitrogen and oxygen atoms in total. The lowest BCUT2D eigenvalue weighted by molar-refractivity contribution is -0.148. The van der Waals surface area contributed by atoms with E-state index in [0.29, 0.717) is 24.2 Å². The molecule has 1 aromatic carbocycles. The van der Waals surface area contributed by atoms with Gasteiger partial charge in [0.15, 0.2) is 11.4 Å². The summed E-state index contributed by atoms with van der Waals surface area (Å²) in [7, 11) is 5.04. The fraction of sp³-hybridized carbons (Fsp3) is 0.444. The van der Waals surface area contributed by atoms with Crippen molar-refractivity contribution in [2.75, 3.05) is 27.7 Å². The average molecular weight is 512 g/mol. The van der Waals surface area contributed by atoms with Crippen molar-refractivity contribution in [1.82, 2.24) is 9.80 Å². The maximum absolute atomic E-state index is 13.8. The zero-order chi connectivity index (χ0) is 27.6. The molecule has 198 valence electrons. The van der Waals surface area contributed by atoms with E-state index in [1.165, 1.54) is 4.90 Å². The number of likely N-dealkylation sites (N-methyl/N-ethyl adjacent to an activating group) is 2. The van der Waals surface area contributed by atoms with Crippen LogP contribution in [0.1, 0.15) is 33.5 Å². The van der Waals surface area contributed by atoms with Crippen LogP contribution in [-0.4, -0.2) is 87.0 Å². The normalized spacial score (nSPS) is 27.4. The van der Waals surface area contributed by atoms with Gasteiger partial charge in [-0.05, 0) is 58.0 Å². The van der Waals surface area contributed by atoms with Crippen LogP contribution in [0.5, 0.6) is 5.75 Å². The van der Waals surface area contributed by atoms with Gasteiger partial charge in [-0.2, -0.15) is 0 Å². The Labute approximate surface area is 215 Å². The quantitative estimate of drug-likeness (QED) is 0.277. The Morgan fingerprint density at radius 3 is 2.46 bits per heavy atom. The summed E-state index contributed by atoms with van der Waals surface area (Å²) in [6.45, 7) is 6.45. The number of fused-ring (bicyclic) bond motifs is 3. The number of carbonyl (C=O) groups excluding carboxylic acids is 3. The number of benzene rings is 1. The molecule has 0 saturated carbocycles. The van der Waals surface area contributed by atoms with Crippen molar-refractivity contribution in [3.8, 4) is 5.75 Å². The molecule has 0 fully saturated rings. The van der Waals surface area contributed by atoms with Gasteiger partial charge in [0.2, 0.25) is 5.78 Å². The Morgan fingerprint density at radius 1 is 1.24 bits per heavy atom. The van der Waals surface area contributed by atoms with Crippen molar-refractivity contribution in [1.29, 1.82) is 0 Å². The Kier molecular flexibility index (Phi) is 6.56. The summed E-state index contributed by atoms with van der Waals surface area (Å²) in [5.74, 6) is -6.47. The first-order valence-electron chi connectivity index (χ1n) is 12.1. The minimum atomic E-state index is -2.64. The number of Topliss-reactive ketones (excluding diaryl/α,β-unsaturated/α-hetero) is 2. The van der Waals surface area contributed by atoms with Crippen LogP contribution in [0, 0.1) is 18.8 Å². The number of ketones is 2. The molecule has 0 bridgehead atoms. The van der Waals surface area contributed by atoms with Gasteiger partial charge in [0.1, 0.15) is 22.8 Å². The van der Waals surface area contributed by atoms with Crippen LogP contribution in [0.25, 0.3) is 0 Å². The van der Waals surface area contributed by atoms with E-state index in [2.05, 4.69) is 6.58 Å². The number of nitrogens with zero attached hydrogens (tertiary/aromatic N) is 2. The van der Waals surface area contributed by atoms with Gasteiger partial charge < -0.3 is 26.2 Å². The number of aromatic hydroxyl groups is 1. The Balaban J connectivity index is 1.90. The third-order valence-electron chi connectivity index (χ3n) is 7.91. The molecule has 1 amide bonds. The summed E-state index contributed by atoms with van der Waals surface area (Å²) in [4.78, 5) is 42.7. The van der Waals surface area contributed by atoms with Crippen molar-refractivity contribution in [2.45, 2.75) is 38.0 Å². The zero-order valence-corrected chi connectivity index (χ0v) is 21.4. The molecule has 37 heavy (non-hydrogen) atoms. The second-order valence-corrected chi connectivity index (χ2v) is 10.5. The monoisotopic (exact) mass is 511 g/mol. The second-order valence-electron chi connectivity index (χ2n) is 10.5. The highest BCUT2D eigenvalue weighted by Crippen LogP contribution is 2.52. The van der Waals surface area contributed by atoms with Gasteiger partial charge >= 0.3 is 0 Å². The lowest BCUT2D eigenvalue weighted by Gasteiger charge is -2.50. The van der Waals surface area contributed by atoms with Gasteiger partial charge in [-0.1, -0.05) is 12.1 Å². The van der Waals surface area contributed by atoms with Gasteiger partial charge in [0.05, 0.1) is 11.6 Å². The first-order chi connectivity index (χ1) is 17.3. The summed E-state index contributed by atoms with van der Waals surface area (Å²) in [5.41, 5.74) is 3.71. The Morgan fingerprint density at radius 2 is 1.89 bits per heavy atom. The SMILES string of the molecule is C=CCN(C)Cc1cc(C)c2c(c1O)C(=O)C1=C(O)[C@]3(O)C(=O)C(C(N)=O)=C(O)[C@H](N(C)C)[C@@H]3C[C@@H]1C2. The molecule has 0 radical (unpaired) electrons. The Hall–Kier alpha value is -3.47. The van der Waals surface area contributed by atoms with Gasteiger partial charge in [0.25, 0.3) is 5.91 Å². The van der Waals surface area contributed by atoms with Crippen LogP contribution in [0.15, 0.2) is 41.4 Å². The second kappa shape index (κ2) is 9.13. The number of carbonyl (C=O) groups is 3. The number of rotatable bonds is 6. The molecule has 0 saturated heterocycles. The Bertz CT molecular complexity index is 1300. The molecular formula is C27H33N3O7. The fourth-order valence-electron chi connectivity index (χ4n) is 6.27. The van der Waals surface area contributed by atoms with Crippen LogP contribution in [0.3, 0.4) is 0 Å². The summed E-state index contributed by atoms with van der Waals surface area (Å²) in [6, 6.07) is 0.817. The van der Waals surface area contributed by atoms with Crippen molar-refractivity contribution in [2.24, 2.45) is 17.6 Å². The van der Waals surface area contributed by atoms with Crippen LogP contribution in [0.4, 0.5) is 0 Å². The highest BCUT2D eigenvalue weighted by atomic mass is 16.3. The molecule has 10 heteroatoms. The molecule has 0 unspecified atom stereocenters. The van der Waals surface area contributed by atoms with Crippen molar-refractivity contribution < 1.29 is 34.8 Å². The number of primary amides is 1. The molecular weight excluding hydrogens is 478 g/mol. The molecule has 3 aliphatic rings. The van der Waals surface area contributed by atoms with Gasteiger partial charge in [-0.25, -0.2) is 0 Å². The van der Waals surface area contributed by atoms with E-state index >= 15 is 0 Å². The van der Waals surface area contributed by atoms with Crippen molar-refractivity contribution in [3.63, 3.8) is 0 Å². The number of aryl methyl sites for hydroxylation is 1. The number of phenols is 1. The van der Waals surface area contributed by atoms with E-state index in [1.54, 1.807) is 20.2 Å².